The molecule has 4 nitrogen and oxygen atoms in total. The molecule has 0 aliphatic carbocycles. The number of amides is 1. The summed E-state index contributed by atoms with van der Waals surface area (Å²) in [5, 5.41) is 3.59. The second-order valence-corrected chi connectivity index (χ2v) is 7.88. The van der Waals surface area contributed by atoms with Crippen molar-refractivity contribution < 1.29 is 4.79 Å². The summed E-state index contributed by atoms with van der Waals surface area (Å²) in [5.41, 5.74) is 2.72. The number of fused-ring (bicyclic) bond motifs is 1. The van der Waals surface area contributed by atoms with E-state index in [4.69, 9.17) is 11.6 Å². The van der Waals surface area contributed by atoms with E-state index in [0.717, 1.165) is 21.5 Å². The van der Waals surface area contributed by atoms with Gasteiger partial charge in [-0.15, -0.1) is 11.8 Å². The maximum absolute atomic E-state index is 12.1. The first-order valence-electron chi connectivity index (χ1n) is 7.82. The van der Waals surface area contributed by atoms with E-state index in [-0.39, 0.29) is 10.8 Å². The number of benzene rings is 2. The number of rotatable bonds is 6. The standard InChI is InChI=1S/C18H17ClN2O2S2/c1-2-21-15-7-6-14(9-16(15)25-18(21)23)20-17(22)11-24-10-12-4-3-5-13(19)8-12/h3-9H,2,10-11H2,1H3,(H,20,22). The molecule has 0 atom stereocenters. The molecule has 1 heterocycles. The topological polar surface area (TPSA) is 51.1 Å². The van der Waals surface area contributed by atoms with Gasteiger partial charge in [0.2, 0.25) is 5.91 Å². The van der Waals surface area contributed by atoms with Gasteiger partial charge in [0.15, 0.2) is 0 Å². The lowest BCUT2D eigenvalue weighted by Gasteiger charge is -2.06. The molecule has 0 spiro atoms. The Kier molecular flexibility index (Phi) is 5.83. The number of nitrogens with zero attached hydrogens (tertiary/aromatic N) is 1. The maximum Gasteiger partial charge on any atom is 0.308 e. The van der Waals surface area contributed by atoms with E-state index in [1.54, 1.807) is 4.57 Å². The van der Waals surface area contributed by atoms with Gasteiger partial charge < -0.3 is 5.32 Å². The minimum Gasteiger partial charge on any atom is -0.325 e. The highest BCUT2D eigenvalue weighted by atomic mass is 35.5. The van der Waals surface area contributed by atoms with Crippen LogP contribution < -0.4 is 10.2 Å². The van der Waals surface area contributed by atoms with Gasteiger partial charge in [0.05, 0.1) is 16.0 Å². The fourth-order valence-corrected chi connectivity index (χ4v) is 4.51. The number of hydrogen-bond donors (Lipinski definition) is 1. The highest BCUT2D eigenvalue weighted by molar-refractivity contribution is 7.99. The van der Waals surface area contributed by atoms with E-state index >= 15 is 0 Å². The fourth-order valence-electron chi connectivity index (χ4n) is 2.53. The SMILES string of the molecule is CCn1c(=O)sc2cc(NC(=O)CSCc3cccc(Cl)c3)ccc21. The van der Waals surface area contributed by atoms with Gasteiger partial charge in [-0.25, -0.2) is 0 Å². The lowest BCUT2D eigenvalue weighted by atomic mass is 10.2. The van der Waals surface area contributed by atoms with Crippen LogP contribution in [0.2, 0.25) is 5.02 Å². The summed E-state index contributed by atoms with van der Waals surface area (Å²) in [7, 11) is 0. The van der Waals surface area contributed by atoms with Crippen LogP contribution in [0.15, 0.2) is 47.3 Å². The minimum atomic E-state index is -0.0614. The summed E-state index contributed by atoms with van der Waals surface area (Å²) in [6.45, 7) is 2.59. The first-order valence-corrected chi connectivity index (χ1v) is 10.2. The van der Waals surface area contributed by atoms with Gasteiger partial charge in [-0.3, -0.25) is 14.2 Å². The summed E-state index contributed by atoms with van der Waals surface area (Å²) < 4.78 is 2.61. The third kappa shape index (κ3) is 4.45. The fraction of sp³-hybridized carbons (Fsp3) is 0.222. The molecular formula is C18H17ClN2O2S2. The van der Waals surface area contributed by atoms with Crippen molar-refractivity contribution in [1.82, 2.24) is 4.57 Å². The molecule has 0 unspecified atom stereocenters. The van der Waals surface area contributed by atoms with Crippen LogP contribution in [0.4, 0.5) is 5.69 Å². The van der Waals surface area contributed by atoms with Crippen molar-refractivity contribution in [3.05, 3.63) is 62.7 Å². The van der Waals surface area contributed by atoms with Gasteiger partial charge >= 0.3 is 4.87 Å². The first-order chi connectivity index (χ1) is 12.1. The highest BCUT2D eigenvalue weighted by Crippen LogP contribution is 2.22. The van der Waals surface area contributed by atoms with E-state index in [0.29, 0.717) is 23.0 Å². The number of halogens is 1. The number of aromatic nitrogens is 1. The normalized spacial score (nSPS) is 11.0. The Morgan fingerprint density at radius 1 is 1.28 bits per heavy atom. The quantitative estimate of drug-likeness (QED) is 0.666. The van der Waals surface area contributed by atoms with Crippen LogP contribution in [0, 0.1) is 0 Å². The van der Waals surface area contributed by atoms with Crippen LogP contribution in [0.1, 0.15) is 12.5 Å². The molecule has 1 aromatic heterocycles. The van der Waals surface area contributed by atoms with Crippen LogP contribution >= 0.6 is 34.7 Å². The summed E-state index contributed by atoms with van der Waals surface area (Å²) in [5.74, 6) is 1.03. The van der Waals surface area contributed by atoms with E-state index in [2.05, 4.69) is 5.32 Å². The maximum atomic E-state index is 12.1. The molecule has 7 heteroatoms. The van der Waals surface area contributed by atoms with Crippen molar-refractivity contribution in [3.8, 4) is 0 Å². The second-order valence-electron chi connectivity index (χ2n) is 5.47. The van der Waals surface area contributed by atoms with E-state index in [1.165, 1.54) is 23.1 Å². The number of carbonyl (C=O) groups is 1. The predicted molar refractivity (Wildman–Crippen MR) is 108 cm³/mol. The largest absolute Gasteiger partial charge is 0.325 e. The van der Waals surface area contributed by atoms with Crippen molar-refractivity contribution in [2.24, 2.45) is 0 Å². The number of carbonyl (C=O) groups excluding carboxylic acids is 1. The second kappa shape index (κ2) is 8.08. The van der Waals surface area contributed by atoms with Crippen molar-refractivity contribution in [1.29, 1.82) is 0 Å². The number of thioether (sulfide) groups is 1. The van der Waals surface area contributed by atoms with Crippen LogP contribution in [-0.4, -0.2) is 16.2 Å². The molecule has 3 rings (SSSR count). The minimum absolute atomic E-state index is 0.0260. The van der Waals surface area contributed by atoms with Crippen LogP contribution in [0.25, 0.3) is 10.2 Å². The van der Waals surface area contributed by atoms with Crippen LogP contribution in [0.3, 0.4) is 0 Å². The van der Waals surface area contributed by atoms with Crippen molar-refractivity contribution in [2.75, 3.05) is 11.1 Å². The number of nitrogens with one attached hydrogen (secondary N) is 1. The van der Waals surface area contributed by atoms with E-state index in [1.807, 2.05) is 49.4 Å². The average molecular weight is 393 g/mol. The number of thiazole rings is 1. The van der Waals surface area contributed by atoms with Gasteiger partial charge in [-0.05, 0) is 42.8 Å². The summed E-state index contributed by atoms with van der Waals surface area (Å²) in [6.07, 6.45) is 0. The summed E-state index contributed by atoms with van der Waals surface area (Å²) >= 11 is 8.69. The average Bonchev–Trinajstić information content (AvgIpc) is 2.89. The van der Waals surface area contributed by atoms with Crippen molar-refractivity contribution in [2.45, 2.75) is 19.2 Å². The smallest absolute Gasteiger partial charge is 0.308 e. The summed E-state index contributed by atoms with van der Waals surface area (Å²) in [6, 6.07) is 13.2. The number of aryl methyl sites for hydroxylation is 1. The van der Waals surface area contributed by atoms with Crippen LogP contribution in [-0.2, 0) is 17.1 Å². The zero-order chi connectivity index (χ0) is 17.8. The number of anilines is 1. The third-order valence-corrected chi connectivity index (χ3v) is 5.84. The molecule has 0 fully saturated rings. The van der Waals surface area contributed by atoms with Crippen LogP contribution in [0.5, 0.6) is 0 Å². The van der Waals surface area contributed by atoms with Gasteiger partial charge in [-0.2, -0.15) is 0 Å². The van der Waals surface area contributed by atoms with Crippen molar-refractivity contribution in [3.63, 3.8) is 0 Å². The zero-order valence-electron chi connectivity index (χ0n) is 13.6. The zero-order valence-corrected chi connectivity index (χ0v) is 16.0. The van der Waals surface area contributed by atoms with Gasteiger partial charge in [0.25, 0.3) is 0 Å². The lowest BCUT2D eigenvalue weighted by molar-refractivity contribution is -0.113. The Bertz CT molecular complexity index is 965. The lowest BCUT2D eigenvalue weighted by Crippen LogP contribution is -2.14. The predicted octanol–water partition coefficient (Wildman–Crippen LogP) is 4.61. The Balaban J connectivity index is 1.59. The Morgan fingerprint density at radius 2 is 2.12 bits per heavy atom. The Hall–Kier alpha value is -1.76. The molecule has 25 heavy (non-hydrogen) atoms. The van der Waals surface area contributed by atoms with Gasteiger partial charge in [0.1, 0.15) is 0 Å². The molecule has 1 amide bonds. The summed E-state index contributed by atoms with van der Waals surface area (Å²) in [4.78, 5) is 24.0. The van der Waals surface area contributed by atoms with E-state index < -0.39 is 0 Å². The molecule has 0 saturated heterocycles. The molecule has 0 aliphatic rings. The molecule has 0 aliphatic heterocycles. The molecule has 1 N–H and O–H groups in total. The molecule has 0 bridgehead atoms. The molecular weight excluding hydrogens is 376 g/mol. The van der Waals surface area contributed by atoms with Gasteiger partial charge in [-0.1, -0.05) is 35.1 Å². The Morgan fingerprint density at radius 3 is 2.88 bits per heavy atom. The Labute approximate surface area is 158 Å². The van der Waals surface area contributed by atoms with Crippen molar-refractivity contribution >= 4 is 56.5 Å². The first kappa shape index (κ1) is 18.0. The molecule has 130 valence electrons. The molecule has 3 aromatic rings. The van der Waals surface area contributed by atoms with Gasteiger partial charge in [0, 0.05) is 23.0 Å². The molecule has 2 aromatic carbocycles. The molecule has 0 saturated carbocycles. The van der Waals surface area contributed by atoms with E-state index in [9.17, 15) is 9.59 Å². The molecule has 0 radical (unpaired) electrons. The highest BCUT2D eigenvalue weighted by Gasteiger charge is 2.08. The third-order valence-electron chi connectivity index (χ3n) is 3.66. The number of hydrogen-bond acceptors (Lipinski definition) is 4. The monoisotopic (exact) mass is 392 g/mol.